The van der Waals surface area contributed by atoms with E-state index >= 15 is 0 Å². The Morgan fingerprint density at radius 2 is 2.00 bits per heavy atom. The molecule has 0 unspecified atom stereocenters. The molecule has 0 N–H and O–H groups in total. The third-order valence-electron chi connectivity index (χ3n) is 4.32. The summed E-state index contributed by atoms with van der Waals surface area (Å²) in [4.78, 5) is 27.2. The molecule has 1 fully saturated rings. The number of halogens is 1. The summed E-state index contributed by atoms with van der Waals surface area (Å²) >= 11 is 3.39. The van der Waals surface area contributed by atoms with Crippen LogP contribution in [0.25, 0.3) is 5.69 Å². The van der Waals surface area contributed by atoms with E-state index in [1.807, 2.05) is 19.1 Å². The molecule has 0 bridgehead atoms. The van der Waals surface area contributed by atoms with Crippen LogP contribution < -0.4 is 5.69 Å². The first-order chi connectivity index (χ1) is 11.6. The lowest BCUT2D eigenvalue weighted by Gasteiger charge is -2.27. The van der Waals surface area contributed by atoms with Crippen LogP contribution in [0.1, 0.15) is 39.0 Å². The molecule has 128 valence electrons. The van der Waals surface area contributed by atoms with Gasteiger partial charge in [0.25, 0.3) is 0 Å². The molecule has 24 heavy (non-hydrogen) atoms. The SMILES string of the molecule is CCCN(C(=O)n1nnn(-c2ccccc2Br)c1=O)C1CCCC1. The van der Waals surface area contributed by atoms with Crippen LogP contribution in [-0.2, 0) is 0 Å². The number of nitrogens with zero attached hydrogens (tertiary/aromatic N) is 5. The highest BCUT2D eigenvalue weighted by Gasteiger charge is 2.29. The number of amides is 1. The van der Waals surface area contributed by atoms with E-state index in [0.29, 0.717) is 16.7 Å². The Balaban J connectivity index is 1.93. The fourth-order valence-electron chi connectivity index (χ4n) is 3.15. The Bertz CT molecular complexity index is 779. The Morgan fingerprint density at radius 3 is 2.67 bits per heavy atom. The van der Waals surface area contributed by atoms with Crippen LogP contribution in [-0.4, -0.2) is 43.3 Å². The maximum Gasteiger partial charge on any atom is 0.377 e. The quantitative estimate of drug-likeness (QED) is 0.748. The summed E-state index contributed by atoms with van der Waals surface area (Å²) in [6, 6.07) is 7.01. The van der Waals surface area contributed by atoms with Crippen molar-refractivity contribution < 1.29 is 4.79 Å². The van der Waals surface area contributed by atoms with E-state index in [4.69, 9.17) is 0 Å². The number of benzene rings is 1. The van der Waals surface area contributed by atoms with Crippen LogP contribution in [0.4, 0.5) is 4.79 Å². The van der Waals surface area contributed by atoms with Gasteiger partial charge in [-0.15, -0.1) is 4.68 Å². The molecule has 1 heterocycles. The minimum absolute atomic E-state index is 0.193. The fraction of sp³-hybridized carbons (Fsp3) is 0.500. The van der Waals surface area contributed by atoms with Crippen molar-refractivity contribution in [3.8, 4) is 5.69 Å². The average Bonchev–Trinajstić information content (AvgIpc) is 3.22. The number of hydrogen-bond acceptors (Lipinski definition) is 4. The molecule has 1 aromatic carbocycles. The van der Waals surface area contributed by atoms with Gasteiger partial charge < -0.3 is 4.90 Å². The Labute approximate surface area is 148 Å². The second-order valence-corrected chi connectivity index (χ2v) is 6.81. The summed E-state index contributed by atoms with van der Waals surface area (Å²) in [5.41, 5.74) is 0.00968. The minimum atomic E-state index is -0.550. The van der Waals surface area contributed by atoms with E-state index < -0.39 is 5.69 Å². The number of carbonyl (C=O) groups is 1. The summed E-state index contributed by atoms with van der Waals surface area (Å²) in [6.45, 7) is 2.65. The van der Waals surface area contributed by atoms with Crippen molar-refractivity contribution in [3.63, 3.8) is 0 Å². The lowest BCUT2D eigenvalue weighted by atomic mass is 10.2. The van der Waals surface area contributed by atoms with Gasteiger partial charge in [-0.3, -0.25) is 0 Å². The van der Waals surface area contributed by atoms with E-state index in [2.05, 4.69) is 26.4 Å². The predicted octanol–water partition coefficient (Wildman–Crippen LogP) is 2.81. The zero-order valence-electron chi connectivity index (χ0n) is 13.6. The fourth-order valence-corrected chi connectivity index (χ4v) is 3.61. The molecule has 2 aromatic rings. The van der Waals surface area contributed by atoms with Gasteiger partial charge in [-0.1, -0.05) is 31.9 Å². The van der Waals surface area contributed by atoms with Gasteiger partial charge in [-0.2, -0.15) is 4.68 Å². The molecule has 0 atom stereocenters. The van der Waals surface area contributed by atoms with Crippen LogP contribution in [0.15, 0.2) is 33.5 Å². The number of aromatic nitrogens is 4. The molecule has 7 nitrogen and oxygen atoms in total. The van der Waals surface area contributed by atoms with Gasteiger partial charge in [0.1, 0.15) is 0 Å². The molecule has 1 aromatic heterocycles. The van der Waals surface area contributed by atoms with Crippen molar-refractivity contribution in [3.05, 3.63) is 39.2 Å². The van der Waals surface area contributed by atoms with E-state index in [1.165, 1.54) is 0 Å². The molecule has 0 saturated heterocycles. The highest BCUT2D eigenvalue weighted by atomic mass is 79.9. The van der Waals surface area contributed by atoms with Crippen molar-refractivity contribution in [2.24, 2.45) is 0 Å². The van der Waals surface area contributed by atoms with Crippen molar-refractivity contribution in [2.45, 2.75) is 45.1 Å². The highest BCUT2D eigenvalue weighted by molar-refractivity contribution is 9.10. The van der Waals surface area contributed by atoms with Crippen LogP contribution in [0.2, 0.25) is 0 Å². The molecule has 0 spiro atoms. The molecule has 0 radical (unpaired) electrons. The van der Waals surface area contributed by atoms with Crippen molar-refractivity contribution in [1.29, 1.82) is 0 Å². The number of para-hydroxylation sites is 1. The van der Waals surface area contributed by atoms with E-state index in [0.717, 1.165) is 41.5 Å². The van der Waals surface area contributed by atoms with Crippen LogP contribution in [0.5, 0.6) is 0 Å². The van der Waals surface area contributed by atoms with Crippen LogP contribution in [0.3, 0.4) is 0 Å². The average molecular weight is 394 g/mol. The zero-order chi connectivity index (χ0) is 17.1. The summed E-state index contributed by atoms with van der Waals surface area (Å²) in [5.74, 6) is 0. The van der Waals surface area contributed by atoms with E-state index in [-0.39, 0.29) is 12.1 Å². The van der Waals surface area contributed by atoms with Gasteiger partial charge in [0.2, 0.25) is 0 Å². The molecule has 8 heteroatoms. The highest BCUT2D eigenvalue weighted by Crippen LogP contribution is 2.24. The monoisotopic (exact) mass is 393 g/mol. The van der Waals surface area contributed by atoms with E-state index in [1.54, 1.807) is 17.0 Å². The van der Waals surface area contributed by atoms with Gasteiger partial charge >= 0.3 is 11.7 Å². The number of tetrazole rings is 1. The minimum Gasteiger partial charge on any atom is -0.320 e. The van der Waals surface area contributed by atoms with Gasteiger partial charge in [0.05, 0.1) is 5.69 Å². The molecular weight excluding hydrogens is 374 g/mol. The summed E-state index contributed by atoms with van der Waals surface area (Å²) in [6.07, 6.45) is 5.06. The first-order valence-corrected chi connectivity index (χ1v) is 9.03. The first-order valence-electron chi connectivity index (χ1n) is 8.24. The number of hydrogen-bond donors (Lipinski definition) is 0. The Kier molecular flexibility index (Phi) is 5.13. The van der Waals surface area contributed by atoms with Crippen molar-refractivity contribution in [2.75, 3.05) is 6.54 Å². The lowest BCUT2D eigenvalue weighted by molar-refractivity contribution is 0.172. The molecule has 1 aliphatic carbocycles. The van der Waals surface area contributed by atoms with Crippen molar-refractivity contribution in [1.82, 2.24) is 24.7 Å². The van der Waals surface area contributed by atoms with E-state index in [9.17, 15) is 9.59 Å². The van der Waals surface area contributed by atoms with Crippen LogP contribution >= 0.6 is 15.9 Å². The summed E-state index contributed by atoms with van der Waals surface area (Å²) in [5, 5.41) is 7.69. The maximum atomic E-state index is 12.8. The third kappa shape index (κ3) is 3.15. The molecule has 3 rings (SSSR count). The number of rotatable bonds is 4. The van der Waals surface area contributed by atoms with Crippen LogP contribution in [0, 0.1) is 0 Å². The molecule has 1 aliphatic rings. The molecular formula is C16H20BrN5O2. The summed E-state index contributed by atoms with van der Waals surface area (Å²) in [7, 11) is 0. The zero-order valence-corrected chi connectivity index (χ0v) is 15.1. The van der Waals surface area contributed by atoms with Gasteiger partial charge in [-0.05, 0) is 57.8 Å². The van der Waals surface area contributed by atoms with Crippen molar-refractivity contribution >= 4 is 22.0 Å². The second-order valence-electron chi connectivity index (χ2n) is 5.95. The first kappa shape index (κ1) is 16.9. The van der Waals surface area contributed by atoms with Gasteiger partial charge in [0, 0.05) is 17.1 Å². The smallest absolute Gasteiger partial charge is 0.320 e. The lowest BCUT2D eigenvalue weighted by Crippen LogP contribution is -2.45. The largest absolute Gasteiger partial charge is 0.377 e. The topological polar surface area (TPSA) is 73.0 Å². The predicted molar refractivity (Wildman–Crippen MR) is 93.4 cm³/mol. The van der Waals surface area contributed by atoms with Gasteiger partial charge in [-0.25, -0.2) is 9.59 Å². The molecule has 1 saturated carbocycles. The third-order valence-corrected chi connectivity index (χ3v) is 4.99. The molecule has 1 amide bonds. The molecule has 0 aliphatic heterocycles. The second kappa shape index (κ2) is 7.29. The van der Waals surface area contributed by atoms with Gasteiger partial charge in [0.15, 0.2) is 0 Å². The summed E-state index contributed by atoms with van der Waals surface area (Å²) < 4.78 is 2.72. The normalized spacial score (nSPS) is 14.9. The Hall–Kier alpha value is -1.96. The Morgan fingerprint density at radius 1 is 1.29 bits per heavy atom. The standard InChI is InChI=1S/C16H20BrN5O2/c1-2-11-20(12-7-3-4-8-12)15(23)22-16(24)21(18-19-22)14-10-6-5-9-13(14)17/h5-6,9-10,12H,2-4,7-8,11H2,1H3. The maximum absolute atomic E-state index is 12.8. The number of carbonyl (C=O) groups excluding carboxylic acids is 1.